The zero-order valence-electron chi connectivity index (χ0n) is 12.6. The van der Waals surface area contributed by atoms with Gasteiger partial charge in [-0.1, -0.05) is 13.8 Å². The van der Waals surface area contributed by atoms with Crippen molar-refractivity contribution in [3.8, 4) is 0 Å². The molecule has 4 unspecified atom stereocenters. The summed E-state index contributed by atoms with van der Waals surface area (Å²) in [7, 11) is 0. The van der Waals surface area contributed by atoms with Crippen LogP contribution in [-0.4, -0.2) is 49.1 Å². The fourth-order valence-corrected chi connectivity index (χ4v) is 3.42. The Morgan fingerprint density at radius 3 is 2.58 bits per heavy atom. The third-order valence-corrected chi connectivity index (χ3v) is 4.84. The van der Waals surface area contributed by atoms with Crippen molar-refractivity contribution in [1.82, 2.24) is 15.5 Å². The summed E-state index contributed by atoms with van der Waals surface area (Å²) in [6.07, 6.45) is 3.63. The molecular weight excluding hydrogens is 238 g/mol. The first-order chi connectivity index (χ1) is 9.08. The van der Waals surface area contributed by atoms with Crippen molar-refractivity contribution in [3.63, 3.8) is 0 Å². The van der Waals surface area contributed by atoms with E-state index < -0.39 is 0 Å². The first-order valence-electron chi connectivity index (χ1n) is 7.83. The first kappa shape index (κ1) is 14.8. The highest BCUT2D eigenvalue weighted by atomic mass is 16.2. The van der Waals surface area contributed by atoms with Gasteiger partial charge >= 0.3 is 0 Å². The van der Waals surface area contributed by atoms with Gasteiger partial charge in [0.25, 0.3) is 0 Å². The highest BCUT2D eigenvalue weighted by molar-refractivity contribution is 5.81. The van der Waals surface area contributed by atoms with Crippen molar-refractivity contribution >= 4 is 5.91 Å². The van der Waals surface area contributed by atoms with Gasteiger partial charge in [0.05, 0.1) is 6.04 Å². The molecule has 4 nitrogen and oxygen atoms in total. The van der Waals surface area contributed by atoms with E-state index in [4.69, 9.17) is 0 Å². The lowest BCUT2D eigenvalue weighted by atomic mass is 9.80. The summed E-state index contributed by atoms with van der Waals surface area (Å²) < 4.78 is 0. The predicted molar refractivity (Wildman–Crippen MR) is 78.0 cm³/mol. The fourth-order valence-electron chi connectivity index (χ4n) is 3.42. The Labute approximate surface area is 117 Å². The molecule has 1 aliphatic heterocycles. The maximum Gasteiger partial charge on any atom is 0.237 e. The fraction of sp³-hybridized carbons (Fsp3) is 0.933. The van der Waals surface area contributed by atoms with Crippen LogP contribution in [0.3, 0.4) is 0 Å². The van der Waals surface area contributed by atoms with Crippen LogP contribution >= 0.6 is 0 Å². The van der Waals surface area contributed by atoms with Crippen LogP contribution in [0.1, 0.15) is 40.0 Å². The van der Waals surface area contributed by atoms with E-state index in [0.717, 1.165) is 38.5 Å². The molecule has 19 heavy (non-hydrogen) atoms. The minimum absolute atomic E-state index is 0.00801. The number of nitrogens with zero attached hydrogens (tertiary/aromatic N) is 1. The van der Waals surface area contributed by atoms with Crippen molar-refractivity contribution in [2.45, 2.75) is 52.1 Å². The maximum atomic E-state index is 12.4. The topological polar surface area (TPSA) is 44.4 Å². The van der Waals surface area contributed by atoms with Gasteiger partial charge in [0.1, 0.15) is 0 Å². The van der Waals surface area contributed by atoms with Gasteiger partial charge in [-0.3, -0.25) is 9.69 Å². The number of carbonyl (C=O) groups excluding carboxylic acids is 1. The lowest BCUT2D eigenvalue weighted by molar-refractivity contribution is -0.127. The Bertz CT molecular complexity index is 302. The van der Waals surface area contributed by atoms with Crippen LogP contribution in [0.2, 0.25) is 0 Å². The molecule has 2 fully saturated rings. The van der Waals surface area contributed by atoms with Crippen LogP contribution in [0.5, 0.6) is 0 Å². The summed E-state index contributed by atoms with van der Waals surface area (Å²) in [6, 6.07) is 0.391. The molecule has 110 valence electrons. The van der Waals surface area contributed by atoms with E-state index in [0.29, 0.717) is 12.0 Å². The van der Waals surface area contributed by atoms with E-state index in [-0.39, 0.29) is 11.9 Å². The summed E-state index contributed by atoms with van der Waals surface area (Å²) in [4.78, 5) is 14.6. The Balaban J connectivity index is 1.82. The smallest absolute Gasteiger partial charge is 0.237 e. The first-order valence-corrected chi connectivity index (χ1v) is 7.83. The largest absolute Gasteiger partial charge is 0.352 e. The maximum absolute atomic E-state index is 12.4. The van der Waals surface area contributed by atoms with Crippen LogP contribution in [0, 0.1) is 11.8 Å². The number of hydrogen-bond donors (Lipinski definition) is 2. The van der Waals surface area contributed by atoms with E-state index in [9.17, 15) is 4.79 Å². The third-order valence-electron chi connectivity index (χ3n) is 4.84. The molecule has 2 N–H and O–H groups in total. The molecule has 4 atom stereocenters. The highest BCUT2D eigenvalue weighted by Gasteiger charge is 2.29. The standard InChI is InChI=1S/C15H29N3O/c1-11-4-5-14(12(2)10-11)17-15(19)13(3)18-8-6-16-7-9-18/h11-14,16H,4-10H2,1-3H3,(H,17,19). The van der Waals surface area contributed by atoms with E-state index in [1.807, 2.05) is 6.92 Å². The second kappa shape index (κ2) is 6.71. The second-order valence-electron chi connectivity index (χ2n) is 6.47. The van der Waals surface area contributed by atoms with E-state index in [1.165, 1.54) is 12.8 Å². The molecule has 1 heterocycles. The highest BCUT2D eigenvalue weighted by Crippen LogP contribution is 2.28. The summed E-state index contributed by atoms with van der Waals surface area (Å²) in [5, 5.41) is 6.61. The summed E-state index contributed by atoms with van der Waals surface area (Å²) in [6.45, 7) is 10.6. The molecule has 0 aromatic rings. The Hall–Kier alpha value is -0.610. The lowest BCUT2D eigenvalue weighted by Gasteiger charge is -2.36. The quantitative estimate of drug-likeness (QED) is 0.808. The second-order valence-corrected chi connectivity index (χ2v) is 6.47. The number of amides is 1. The summed E-state index contributed by atoms with van der Waals surface area (Å²) in [5.74, 6) is 1.64. The predicted octanol–water partition coefficient (Wildman–Crippen LogP) is 1.22. The van der Waals surface area contributed by atoms with Gasteiger partial charge in [-0.2, -0.15) is 0 Å². The molecule has 1 saturated heterocycles. The Morgan fingerprint density at radius 1 is 1.26 bits per heavy atom. The van der Waals surface area contributed by atoms with Crippen LogP contribution in [0.4, 0.5) is 0 Å². The van der Waals surface area contributed by atoms with Crippen molar-refractivity contribution in [1.29, 1.82) is 0 Å². The molecule has 0 radical (unpaired) electrons. The molecular formula is C15H29N3O. The molecule has 1 aliphatic carbocycles. The zero-order chi connectivity index (χ0) is 13.8. The molecule has 2 aliphatic rings. The Morgan fingerprint density at radius 2 is 1.95 bits per heavy atom. The van der Waals surface area contributed by atoms with Crippen LogP contribution in [0.25, 0.3) is 0 Å². The van der Waals surface area contributed by atoms with Crippen molar-refractivity contribution in [2.75, 3.05) is 26.2 Å². The summed E-state index contributed by atoms with van der Waals surface area (Å²) >= 11 is 0. The van der Waals surface area contributed by atoms with E-state index >= 15 is 0 Å². The Kier molecular flexibility index (Phi) is 5.22. The molecule has 2 rings (SSSR count). The monoisotopic (exact) mass is 267 g/mol. The average Bonchev–Trinajstić information content (AvgIpc) is 2.42. The van der Waals surface area contributed by atoms with E-state index in [1.54, 1.807) is 0 Å². The average molecular weight is 267 g/mol. The molecule has 0 spiro atoms. The summed E-state index contributed by atoms with van der Waals surface area (Å²) in [5.41, 5.74) is 0. The van der Waals surface area contributed by atoms with Gasteiger partial charge in [0.15, 0.2) is 0 Å². The molecule has 0 aromatic heterocycles. The molecule has 1 saturated carbocycles. The zero-order valence-corrected chi connectivity index (χ0v) is 12.6. The number of piperazine rings is 1. The minimum atomic E-state index is 0.00801. The minimum Gasteiger partial charge on any atom is -0.352 e. The van der Waals surface area contributed by atoms with Crippen molar-refractivity contribution in [3.05, 3.63) is 0 Å². The van der Waals surface area contributed by atoms with Gasteiger partial charge in [0, 0.05) is 32.2 Å². The van der Waals surface area contributed by atoms with Gasteiger partial charge in [0.2, 0.25) is 5.91 Å². The van der Waals surface area contributed by atoms with Gasteiger partial charge in [-0.15, -0.1) is 0 Å². The molecule has 0 aromatic carbocycles. The van der Waals surface area contributed by atoms with E-state index in [2.05, 4.69) is 29.4 Å². The van der Waals surface area contributed by atoms with Crippen LogP contribution < -0.4 is 10.6 Å². The van der Waals surface area contributed by atoms with Crippen molar-refractivity contribution < 1.29 is 4.79 Å². The van der Waals surface area contributed by atoms with Gasteiger partial charge < -0.3 is 10.6 Å². The number of hydrogen-bond acceptors (Lipinski definition) is 3. The van der Waals surface area contributed by atoms with Crippen LogP contribution in [0.15, 0.2) is 0 Å². The normalized spacial score (nSPS) is 34.8. The van der Waals surface area contributed by atoms with Gasteiger partial charge in [-0.05, 0) is 38.0 Å². The molecule has 1 amide bonds. The van der Waals surface area contributed by atoms with Crippen molar-refractivity contribution in [2.24, 2.45) is 11.8 Å². The number of carbonyl (C=O) groups is 1. The lowest BCUT2D eigenvalue weighted by Crippen LogP contribution is -2.55. The number of nitrogens with one attached hydrogen (secondary N) is 2. The SMILES string of the molecule is CC1CCC(NC(=O)C(C)N2CCNCC2)C(C)C1. The number of rotatable bonds is 3. The van der Waals surface area contributed by atoms with Crippen LogP contribution in [-0.2, 0) is 4.79 Å². The van der Waals surface area contributed by atoms with Gasteiger partial charge in [-0.25, -0.2) is 0 Å². The molecule has 4 heteroatoms. The third kappa shape index (κ3) is 3.93. The molecule has 0 bridgehead atoms.